The van der Waals surface area contributed by atoms with E-state index in [1.807, 2.05) is 12.1 Å². The number of guanidine groups is 1. The summed E-state index contributed by atoms with van der Waals surface area (Å²) in [7, 11) is 3.40. The van der Waals surface area contributed by atoms with Gasteiger partial charge in [-0.05, 0) is 30.2 Å². The normalized spacial score (nSPS) is 10.9. The van der Waals surface area contributed by atoms with Gasteiger partial charge in [-0.25, -0.2) is 0 Å². The van der Waals surface area contributed by atoms with Crippen LogP contribution >= 0.6 is 47.2 Å². The molecule has 0 aromatic heterocycles. The molecule has 1 rings (SSSR count). The zero-order valence-electron chi connectivity index (χ0n) is 11.6. The first-order valence-corrected chi connectivity index (χ1v) is 6.79. The van der Waals surface area contributed by atoms with Crippen molar-refractivity contribution in [2.45, 2.75) is 6.42 Å². The van der Waals surface area contributed by atoms with Gasteiger partial charge in [-0.15, -0.1) is 24.0 Å². The van der Waals surface area contributed by atoms with E-state index in [2.05, 4.69) is 15.6 Å². The summed E-state index contributed by atoms with van der Waals surface area (Å²) in [6, 6.07) is 5.55. The van der Waals surface area contributed by atoms with E-state index in [1.54, 1.807) is 20.2 Å². The maximum Gasteiger partial charge on any atom is 0.191 e. The van der Waals surface area contributed by atoms with Crippen molar-refractivity contribution in [2.75, 3.05) is 33.9 Å². The summed E-state index contributed by atoms with van der Waals surface area (Å²) in [5.74, 6) is 0.755. The molecule has 114 valence electrons. The van der Waals surface area contributed by atoms with Crippen LogP contribution < -0.4 is 10.6 Å². The molecular weight excluding hydrogens is 412 g/mol. The first-order chi connectivity index (χ1) is 9.15. The van der Waals surface area contributed by atoms with Crippen molar-refractivity contribution in [3.05, 3.63) is 33.8 Å². The molecule has 0 bridgehead atoms. The molecule has 0 radical (unpaired) electrons. The zero-order chi connectivity index (χ0) is 14.1. The van der Waals surface area contributed by atoms with Crippen molar-refractivity contribution in [1.29, 1.82) is 0 Å². The number of halogens is 3. The number of aliphatic imine (C=N–C) groups is 1. The highest BCUT2D eigenvalue weighted by Gasteiger charge is 2.00. The number of hydrogen-bond donors (Lipinski definition) is 2. The third kappa shape index (κ3) is 8.14. The fourth-order valence-electron chi connectivity index (χ4n) is 1.57. The molecule has 0 aliphatic heterocycles. The van der Waals surface area contributed by atoms with Gasteiger partial charge in [-0.2, -0.15) is 0 Å². The van der Waals surface area contributed by atoms with Crippen LogP contribution in [0.3, 0.4) is 0 Å². The number of nitrogens with zero attached hydrogens (tertiary/aromatic N) is 1. The Kier molecular flexibility index (Phi) is 11.3. The van der Waals surface area contributed by atoms with Crippen LogP contribution in [-0.4, -0.2) is 39.8 Å². The lowest BCUT2D eigenvalue weighted by molar-refractivity contribution is 0.203. The molecule has 0 amide bonds. The molecule has 20 heavy (non-hydrogen) atoms. The van der Waals surface area contributed by atoms with Crippen LogP contribution in [0, 0.1) is 0 Å². The van der Waals surface area contributed by atoms with Gasteiger partial charge >= 0.3 is 0 Å². The van der Waals surface area contributed by atoms with Crippen LogP contribution in [0.5, 0.6) is 0 Å². The summed E-state index contributed by atoms with van der Waals surface area (Å²) in [6.45, 7) is 2.12. The van der Waals surface area contributed by atoms with Gasteiger partial charge in [0.25, 0.3) is 0 Å². The van der Waals surface area contributed by atoms with Crippen LogP contribution in [0.4, 0.5) is 0 Å². The molecule has 0 aliphatic rings. The Morgan fingerprint density at radius 1 is 1.15 bits per heavy atom. The van der Waals surface area contributed by atoms with Crippen LogP contribution in [0.15, 0.2) is 23.2 Å². The molecule has 4 nitrogen and oxygen atoms in total. The topological polar surface area (TPSA) is 45.7 Å². The molecule has 2 N–H and O–H groups in total. The van der Waals surface area contributed by atoms with Crippen LogP contribution in [0.25, 0.3) is 0 Å². The minimum atomic E-state index is 0. The van der Waals surface area contributed by atoms with Gasteiger partial charge in [0.1, 0.15) is 0 Å². The van der Waals surface area contributed by atoms with E-state index in [9.17, 15) is 0 Å². The predicted octanol–water partition coefficient (Wildman–Crippen LogP) is 2.97. The molecule has 0 spiro atoms. The van der Waals surface area contributed by atoms with E-state index in [0.717, 1.165) is 31.0 Å². The number of benzene rings is 1. The van der Waals surface area contributed by atoms with E-state index >= 15 is 0 Å². The summed E-state index contributed by atoms with van der Waals surface area (Å²) in [4.78, 5) is 4.11. The molecule has 1 aromatic carbocycles. The fraction of sp³-hybridized carbons (Fsp3) is 0.462. The number of methoxy groups -OCH3 is 1. The third-order valence-corrected chi connectivity index (χ3v) is 2.89. The maximum atomic E-state index is 5.95. The lowest BCUT2D eigenvalue weighted by Gasteiger charge is -2.11. The zero-order valence-corrected chi connectivity index (χ0v) is 15.4. The summed E-state index contributed by atoms with van der Waals surface area (Å²) in [5.41, 5.74) is 1.09. The van der Waals surface area contributed by atoms with Crippen molar-refractivity contribution >= 4 is 53.1 Å². The summed E-state index contributed by atoms with van der Waals surface area (Å²) >= 11 is 11.9. The van der Waals surface area contributed by atoms with Gasteiger partial charge in [-0.3, -0.25) is 4.99 Å². The highest BCUT2D eigenvalue weighted by atomic mass is 127. The largest absolute Gasteiger partial charge is 0.383 e. The maximum absolute atomic E-state index is 5.95. The first-order valence-electron chi connectivity index (χ1n) is 6.04. The third-order valence-electron chi connectivity index (χ3n) is 2.45. The Bertz CT molecular complexity index is 410. The van der Waals surface area contributed by atoms with E-state index in [4.69, 9.17) is 27.9 Å². The van der Waals surface area contributed by atoms with Crippen LogP contribution in [-0.2, 0) is 11.2 Å². The number of rotatable bonds is 6. The average molecular weight is 432 g/mol. The van der Waals surface area contributed by atoms with E-state index < -0.39 is 0 Å². The van der Waals surface area contributed by atoms with Crippen molar-refractivity contribution in [3.63, 3.8) is 0 Å². The molecule has 0 saturated carbocycles. The first kappa shape index (κ1) is 19.8. The number of ether oxygens (including phenoxy) is 1. The fourth-order valence-corrected chi connectivity index (χ4v) is 2.14. The Hall–Kier alpha value is -0.240. The molecule has 0 unspecified atom stereocenters. The Morgan fingerprint density at radius 3 is 2.30 bits per heavy atom. The number of nitrogens with one attached hydrogen (secondary N) is 2. The molecule has 0 aliphatic carbocycles. The monoisotopic (exact) mass is 431 g/mol. The smallest absolute Gasteiger partial charge is 0.191 e. The Morgan fingerprint density at radius 2 is 1.75 bits per heavy atom. The second-order valence-corrected chi connectivity index (χ2v) is 4.82. The molecule has 1 aromatic rings. The number of hydrogen-bond acceptors (Lipinski definition) is 2. The standard InChI is InChI=1S/C13H19Cl2N3O.HI/c1-16-13(18-5-6-19-2)17-4-3-10-7-11(14)9-12(15)8-10;/h7-9H,3-6H2,1-2H3,(H2,16,17,18);1H. The molecule has 0 saturated heterocycles. The lowest BCUT2D eigenvalue weighted by atomic mass is 10.1. The van der Waals surface area contributed by atoms with Crippen molar-refractivity contribution in [1.82, 2.24) is 10.6 Å². The van der Waals surface area contributed by atoms with Crippen LogP contribution in [0.1, 0.15) is 5.56 Å². The van der Waals surface area contributed by atoms with E-state index in [1.165, 1.54) is 0 Å². The highest BCUT2D eigenvalue weighted by molar-refractivity contribution is 14.0. The molecule has 0 heterocycles. The summed E-state index contributed by atoms with van der Waals surface area (Å²) in [6.07, 6.45) is 0.825. The molecule has 7 heteroatoms. The highest BCUT2D eigenvalue weighted by Crippen LogP contribution is 2.19. The van der Waals surface area contributed by atoms with Gasteiger partial charge in [0.05, 0.1) is 6.61 Å². The van der Waals surface area contributed by atoms with Gasteiger partial charge in [0.2, 0.25) is 0 Å². The van der Waals surface area contributed by atoms with Crippen molar-refractivity contribution in [2.24, 2.45) is 4.99 Å². The quantitative estimate of drug-likeness (QED) is 0.315. The molecular formula is C13H20Cl2IN3O. The van der Waals surface area contributed by atoms with Gasteiger partial charge in [0, 0.05) is 37.3 Å². The van der Waals surface area contributed by atoms with Gasteiger partial charge in [0.15, 0.2) is 5.96 Å². The SMILES string of the molecule is CN=C(NCCOC)NCCc1cc(Cl)cc(Cl)c1.I. The summed E-state index contributed by atoms with van der Waals surface area (Å²) in [5, 5.41) is 7.67. The molecule has 0 fully saturated rings. The average Bonchev–Trinajstić information content (AvgIpc) is 2.36. The van der Waals surface area contributed by atoms with Crippen molar-refractivity contribution in [3.8, 4) is 0 Å². The lowest BCUT2D eigenvalue weighted by Crippen LogP contribution is -2.39. The minimum absolute atomic E-state index is 0. The van der Waals surface area contributed by atoms with E-state index in [-0.39, 0.29) is 24.0 Å². The van der Waals surface area contributed by atoms with Crippen molar-refractivity contribution < 1.29 is 4.74 Å². The summed E-state index contributed by atoms with van der Waals surface area (Å²) < 4.78 is 4.96. The Labute approximate surface area is 147 Å². The van der Waals surface area contributed by atoms with Gasteiger partial charge in [-0.1, -0.05) is 23.2 Å². The van der Waals surface area contributed by atoms with Gasteiger partial charge < -0.3 is 15.4 Å². The molecule has 0 atom stereocenters. The van der Waals surface area contributed by atoms with Crippen LogP contribution in [0.2, 0.25) is 10.0 Å². The minimum Gasteiger partial charge on any atom is -0.383 e. The van der Waals surface area contributed by atoms with E-state index in [0.29, 0.717) is 16.7 Å². The second-order valence-electron chi connectivity index (χ2n) is 3.95. The Balaban J connectivity index is 0.00000361. The predicted molar refractivity (Wildman–Crippen MR) is 96.8 cm³/mol. The second kappa shape index (κ2) is 11.4.